The van der Waals surface area contributed by atoms with Gasteiger partial charge in [-0.1, -0.05) is 60.1 Å². The van der Waals surface area contributed by atoms with Crippen molar-refractivity contribution in [2.45, 2.75) is 13.5 Å². The summed E-state index contributed by atoms with van der Waals surface area (Å²) in [6.07, 6.45) is 1.79. The maximum Gasteiger partial charge on any atom is 0.280 e. The number of benzene rings is 3. The van der Waals surface area contributed by atoms with E-state index in [0.717, 1.165) is 11.1 Å². The minimum atomic E-state index is -0.228. The van der Waals surface area contributed by atoms with E-state index in [9.17, 15) is 4.79 Å². The minimum absolute atomic E-state index is 0.228. The predicted molar refractivity (Wildman–Crippen MR) is 124 cm³/mol. The second-order valence-corrected chi connectivity index (χ2v) is 7.40. The standard InChI is InChI=1S/C25H21ClN2O3/c1-17-20(25(29)28(27-17)22-11-7-6-10-21(22)26)14-19-12-13-23(24(15-19)30-2)31-16-18-8-4-3-5-9-18/h3-15H,16H2,1-2H3. The number of rotatable bonds is 6. The Kier molecular flexibility index (Phi) is 6.05. The highest BCUT2D eigenvalue weighted by Gasteiger charge is 2.29. The number of amides is 1. The highest BCUT2D eigenvalue weighted by molar-refractivity contribution is 6.37. The summed E-state index contributed by atoms with van der Waals surface area (Å²) >= 11 is 6.24. The summed E-state index contributed by atoms with van der Waals surface area (Å²) in [6.45, 7) is 2.24. The largest absolute Gasteiger partial charge is 0.493 e. The Bertz CT molecular complexity index is 1170. The fourth-order valence-corrected chi connectivity index (χ4v) is 3.48. The van der Waals surface area contributed by atoms with Crippen LogP contribution in [0.1, 0.15) is 18.1 Å². The van der Waals surface area contributed by atoms with Crippen LogP contribution in [-0.2, 0) is 11.4 Å². The summed E-state index contributed by atoms with van der Waals surface area (Å²) in [5.41, 5.74) is 3.55. The lowest BCUT2D eigenvalue weighted by Crippen LogP contribution is -2.21. The highest BCUT2D eigenvalue weighted by Crippen LogP contribution is 2.33. The van der Waals surface area contributed by atoms with Gasteiger partial charge in [0.1, 0.15) is 6.61 Å². The lowest BCUT2D eigenvalue weighted by Gasteiger charge is -2.13. The first-order valence-electron chi connectivity index (χ1n) is 9.78. The quantitative estimate of drug-likeness (QED) is 0.467. The molecule has 0 aromatic heterocycles. The van der Waals surface area contributed by atoms with Crippen molar-refractivity contribution in [2.75, 3.05) is 12.1 Å². The summed E-state index contributed by atoms with van der Waals surface area (Å²) in [6, 6.07) is 22.6. The van der Waals surface area contributed by atoms with Gasteiger partial charge in [0.05, 0.1) is 29.1 Å². The van der Waals surface area contributed by atoms with E-state index >= 15 is 0 Å². The van der Waals surface area contributed by atoms with Crippen LogP contribution in [0.4, 0.5) is 5.69 Å². The molecule has 0 spiro atoms. The Morgan fingerprint density at radius 3 is 2.48 bits per heavy atom. The second-order valence-electron chi connectivity index (χ2n) is 7.00. The number of carbonyl (C=O) groups is 1. The number of hydrogen-bond donors (Lipinski definition) is 0. The first-order chi connectivity index (χ1) is 15.1. The Hall–Kier alpha value is -3.57. The zero-order valence-electron chi connectivity index (χ0n) is 17.2. The zero-order chi connectivity index (χ0) is 21.8. The van der Waals surface area contributed by atoms with E-state index in [1.54, 1.807) is 32.2 Å². The van der Waals surface area contributed by atoms with Crippen LogP contribution < -0.4 is 14.5 Å². The molecule has 1 heterocycles. The summed E-state index contributed by atoms with van der Waals surface area (Å²) in [5.74, 6) is 0.997. The van der Waals surface area contributed by atoms with Gasteiger partial charge in [-0.25, -0.2) is 0 Å². The van der Waals surface area contributed by atoms with Crippen LogP contribution in [0, 0.1) is 0 Å². The number of hydrazone groups is 1. The van der Waals surface area contributed by atoms with E-state index in [1.807, 2.05) is 60.7 Å². The van der Waals surface area contributed by atoms with E-state index in [-0.39, 0.29) is 5.91 Å². The van der Waals surface area contributed by atoms with Crippen LogP contribution in [0.3, 0.4) is 0 Å². The van der Waals surface area contributed by atoms with Gasteiger partial charge in [0.15, 0.2) is 11.5 Å². The number of ether oxygens (including phenoxy) is 2. The van der Waals surface area contributed by atoms with Crippen LogP contribution in [-0.4, -0.2) is 18.7 Å². The molecule has 3 aromatic rings. The topological polar surface area (TPSA) is 51.1 Å². The minimum Gasteiger partial charge on any atom is -0.493 e. The Morgan fingerprint density at radius 1 is 1.00 bits per heavy atom. The molecule has 0 aliphatic carbocycles. The average molecular weight is 433 g/mol. The zero-order valence-corrected chi connectivity index (χ0v) is 18.0. The normalized spacial score (nSPS) is 14.7. The van der Waals surface area contributed by atoms with E-state index in [0.29, 0.717) is 40.1 Å². The molecular weight excluding hydrogens is 412 g/mol. The molecule has 1 aliphatic rings. The van der Waals surface area contributed by atoms with Crippen molar-refractivity contribution in [2.24, 2.45) is 5.10 Å². The van der Waals surface area contributed by atoms with Crippen molar-refractivity contribution in [3.05, 3.63) is 94.5 Å². The highest BCUT2D eigenvalue weighted by atomic mass is 35.5. The molecule has 156 valence electrons. The number of carbonyl (C=O) groups excluding carboxylic acids is 1. The van der Waals surface area contributed by atoms with E-state index in [4.69, 9.17) is 21.1 Å². The first-order valence-corrected chi connectivity index (χ1v) is 10.2. The molecule has 1 aliphatic heterocycles. The van der Waals surface area contributed by atoms with Crippen LogP contribution in [0.25, 0.3) is 6.08 Å². The third-order valence-electron chi connectivity index (χ3n) is 4.88. The lowest BCUT2D eigenvalue weighted by atomic mass is 10.1. The fraction of sp³-hybridized carbons (Fsp3) is 0.120. The van der Waals surface area contributed by atoms with Crippen LogP contribution >= 0.6 is 11.6 Å². The van der Waals surface area contributed by atoms with E-state index < -0.39 is 0 Å². The van der Waals surface area contributed by atoms with Gasteiger partial charge in [0.2, 0.25) is 0 Å². The number of methoxy groups -OCH3 is 1. The van der Waals surface area contributed by atoms with Gasteiger partial charge in [-0.3, -0.25) is 4.79 Å². The molecule has 0 saturated heterocycles. The lowest BCUT2D eigenvalue weighted by molar-refractivity contribution is -0.114. The van der Waals surface area contributed by atoms with Gasteiger partial charge in [-0.05, 0) is 48.4 Å². The second kappa shape index (κ2) is 9.06. The number of anilines is 1. The fourth-order valence-electron chi connectivity index (χ4n) is 3.27. The third kappa shape index (κ3) is 4.47. The molecule has 6 heteroatoms. The predicted octanol–water partition coefficient (Wildman–Crippen LogP) is 5.73. The molecule has 0 unspecified atom stereocenters. The van der Waals surface area contributed by atoms with Crippen LogP contribution in [0.5, 0.6) is 11.5 Å². The molecule has 3 aromatic carbocycles. The van der Waals surface area contributed by atoms with Gasteiger partial charge >= 0.3 is 0 Å². The molecule has 0 bridgehead atoms. The summed E-state index contributed by atoms with van der Waals surface area (Å²) in [4.78, 5) is 13.0. The van der Waals surface area contributed by atoms with Gasteiger partial charge in [-0.15, -0.1) is 0 Å². The number of hydrogen-bond acceptors (Lipinski definition) is 4. The molecule has 4 rings (SSSR count). The van der Waals surface area contributed by atoms with Crippen molar-refractivity contribution in [1.29, 1.82) is 0 Å². The third-order valence-corrected chi connectivity index (χ3v) is 5.20. The maximum atomic E-state index is 13.0. The van der Waals surface area contributed by atoms with E-state index in [1.165, 1.54) is 5.01 Å². The van der Waals surface area contributed by atoms with Gasteiger partial charge in [-0.2, -0.15) is 10.1 Å². The molecule has 0 N–H and O–H groups in total. The summed E-state index contributed by atoms with van der Waals surface area (Å²) < 4.78 is 11.4. The molecule has 0 fully saturated rings. The molecular formula is C25H21ClN2O3. The van der Waals surface area contributed by atoms with Crippen molar-refractivity contribution in [3.8, 4) is 11.5 Å². The van der Waals surface area contributed by atoms with Crippen LogP contribution in [0.15, 0.2) is 83.5 Å². The van der Waals surface area contributed by atoms with Gasteiger partial charge in [0, 0.05) is 0 Å². The van der Waals surface area contributed by atoms with Crippen molar-refractivity contribution in [3.63, 3.8) is 0 Å². The molecule has 31 heavy (non-hydrogen) atoms. The molecule has 1 amide bonds. The molecule has 0 radical (unpaired) electrons. The summed E-state index contributed by atoms with van der Waals surface area (Å²) in [5, 5.41) is 6.19. The monoisotopic (exact) mass is 432 g/mol. The molecule has 0 saturated carbocycles. The number of para-hydroxylation sites is 1. The SMILES string of the molecule is COc1cc(C=C2C(=O)N(c3ccccc3Cl)N=C2C)ccc1OCc1ccccc1. The molecule has 0 atom stereocenters. The Balaban J connectivity index is 1.56. The number of nitrogens with zero attached hydrogens (tertiary/aromatic N) is 2. The summed E-state index contributed by atoms with van der Waals surface area (Å²) in [7, 11) is 1.59. The Labute approximate surface area is 186 Å². The van der Waals surface area contributed by atoms with Gasteiger partial charge in [0.25, 0.3) is 5.91 Å². The average Bonchev–Trinajstić information content (AvgIpc) is 3.07. The van der Waals surface area contributed by atoms with Crippen molar-refractivity contribution < 1.29 is 14.3 Å². The Morgan fingerprint density at radius 2 is 1.74 bits per heavy atom. The van der Waals surface area contributed by atoms with Gasteiger partial charge < -0.3 is 9.47 Å². The van der Waals surface area contributed by atoms with E-state index in [2.05, 4.69) is 5.10 Å². The first kappa shape index (κ1) is 20.7. The van der Waals surface area contributed by atoms with Crippen LogP contribution in [0.2, 0.25) is 5.02 Å². The van der Waals surface area contributed by atoms with Crippen molar-refractivity contribution >= 4 is 35.0 Å². The molecule has 5 nitrogen and oxygen atoms in total. The smallest absolute Gasteiger partial charge is 0.280 e. The van der Waals surface area contributed by atoms with Crippen molar-refractivity contribution in [1.82, 2.24) is 0 Å². The maximum absolute atomic E-state index is 13.0. The number of halogens is 1.